The molecule has 6 heteroatoms. The number of hydrogen-bond acceptors (Lipinski definition) is 2. The molecule has 7 heavy (non-hydrogen) atoms. The first-order chi connectivity index (χ1) is 2.00. The van der Waals surface area contributed by atoms with Gasteiger partial charge in [0.1, 0.15) is 0 Å². The molecule has 0 aromatic carbocycles. The van der Waals surface area contributed by atoms with Crippen molar-refractivity contribution >= 4 is 10.1 Å². The summed E-state index contributed by atoms with van der Waals surface area (Å²) < 4.78 is 25.9. The molecule has 0 atom stereocenters. The Morgan fingerprint density at radius 3 is 1.43 bits per heavy atom. The molecule has 0 rings (SSSR count). The zero-order valence-electron chi connectivity index (χ0n) is 3.37. The topological polar surface area (TPSA) is 54.4 Å². The number of rotatable bonds is 0. The molecule has 0 fully saturated rings. The van der Waals surface area contributed by atoms with Crippen molar-refractivity contribution in [3.05, 3.63) is 0 Å². The third-order valence-electron chi connectivity index (χ3n) is 0. The molecule has 49 valence electrons. The molecule has 0 aromatic rings. The predicted octanol–water partition coefficient (Wildman–Crippen LogP) is -0.0758. The third kappa shape index (κ3) is 150. The number of halogens is 1. The van der Waals surface area contributed by atoms with Crippen LogP contribution in [0.15, 0.2) is 0 Å². The molecular weight excluding hydrogens is 274 g/mol. The van der Waals surface area contributed by atoms with E-state index in [1.165, 1.54) is 0 Å². The summed E-state index contributed by atoms with van der Waals surface area (Å²) >= 11 is 0. The SMILES string of the molecule is CS(=O)(=O)O.[Dy].[F]. The number of hydrogen-bond donors (Lipinski definition) is 1. The molecule has 3 nitrogen and oxygen atoms in total. The van der Waals surface area contributed by atoms with Crippen LogP contribution in [0.2, 0.25) is 0 Å². The molecule has 0 unspecified atom stereocenters. The van der Waals surface area contributed by atoms with Gasteiger partial charge in [-0.05, 0) is 0 Å². The van der Waals surface area contributed by atoms with Gasteiger partial charge in [-0.15, -0.1) is 0 Å². The van der Waals surface area contributed by atoms with Crippen LogP contribution in [-0.4, -0.2) is 19.2 Å². The van der Waals surface area contributed by atoms with Gasteiger partial charge in [0.25, 0.3) is 10.1 Å². The summed E-state index contributed by atoms with van der Waals surface area (Å²) in [6, 6.07) is 0. The van der Waals surface area contributed by atoms with Gasteiger partial charge in [-0.2, -0.15) is 8.42 Å². The maximum atomic E-state index is 9.19. The van der Waals surface area contributed by atoms with Gasteiger partial charge in [0.15, 0.2) is 0 Å². The van der Waals surface area contributed by atoms with Crippen molar-refractivity contribution in [2.75, 3.05) is 6.26 Å². The molecule has 0 saturated heterocycles. The maximum Gasteiger partial charge on any atom is 0.261 e. The Morgan fingerprint density at radius 2 is 1.43 bits per heavy atom. The minimum Gasteiger partial charge on any atom is -0.286 e. The van der Waals surface area contributed by atoms with Gasteiger partial charge >= 0.3 is 0 Å². The summed E-state index contributed by atoms with van der Waals surface area (Å²) in [5.74, 6) is 0. The molecule has 0 heterocycles. The summed E-state index contributed by atoms with van der Waals surface area (Å²) in [7, 11) is -3.67. The summed E-state index contributed by atoms with van der Waals surface area (Å²) in [5.41, 5.74) is 0. The minimum atomic E-state index is -3.67. The largest absolute Gasteiger partial charge is 0.286 e. The summed E-state index contributed by atoms with van der Waals surface area (Å²) in [5, 5.41) is 0. The molecule has 1 radical (unpaired) electrons. The van der Waals surface area contributed by atoms with E-state index in [1.54, 1.807) is 0 Å². The van der Waals surface area contributed by atoms with E-state index in [-0.39, 0.29) is 42.9 Å². The van der Waals surface area contributed by atoms with E-state index < -0.39 is 10.1 Å². The summed E-state index contributed by atoms with van der Waals surface area (Å²) in [6.45, 7) is 0. The van der Waals surface area contributed by atoms with Crippen molar-refractivity contribution in [3.8, 4) is 0 Å². The second-order valence-corrected chi connectivity index (χ2v) is 2.20. The molecule has 0 aromatic heterocycles. The quantitative estimate of drug-likeness (QED) is 0.631. The van der Waals surface area contributed by atoms with Crippen molar-refractivity contribution in [3.63, 3.8) is 0 Å². The van der Waals surface area contributed by atoms with Gasteiger partial charge in [-0.25, -0.2) is 0 Å². The molecule has 0 aliphatic heterocycles. The van der Waals surface area contributed by atoms with Crippen LogP contribution in [-0.2, 0) is 10.1 Å². The first-order valence-corrected chi connectivity index (χ1v) is 2.77. The third-order valence-corrected chi connectivity index (χ3v) is 0. The van der Waals surface area contributed by atoms with Crippen LogP contribution >= 0.6 is 0 Å². The molecular formula is CH4DyFO3S. The summed E-state index contributed by atoms with van der Waals surface area (Å²) in [6.07, 6.45) is 0.715. The Morgan fingerprint density at radius 1 is 1.43 bits per heavy atom. The minimum absolute atomic E-state index is 0. The molecule has 0 spiro atoms. The van der Waals surface area contributed by atoms with Crippen molar-refractivity contribution in [1.82, 2.24) is 0 Å². The van der Waals surface area contributed by atoms with E-state index in [0.717, 1.165) is 0 Å². The Bertz CT molecular complexity index is 98.1. The zero-order valence-corrected chi connectivity index (χ0v) is 6.21. The molecule has 0 saturated carbocycles. The van der Waals surface area contributed by atoms with Crippen LogP contribution in [0.25, 0.3) is 0 Å². The molecule has 1 N–H and O–H groups in total. The average Bonchev–Trinajstić information content (AvgIpc) is 0.722. The average molecular weight is 278 g/mol. The van der Waals surface area contributed by atoms with E-state index in [2.05, 4.69) is 0 Å². The van der Waals surface area contributed by atoms with Crippen LogP contribution in [0, 0.1) is 38.2 Å². The fraction of sp³-hybridized carbons (Fsp3) is 1.00. The van der Waals surface area contributed by atoms with Crippen molar-refractivity contribution in [1.29, 1.82) is 0 Å². The van der Waals surface area contributed by atoms with Crippen LogP contribution in [0.5, 0.6) is 0 Å². The van der Waals surface area contributed by atoms with Crippen molar-refractivity contribution in [2.24, 2.45) is 0 Å². The summed E-state index contributed by atoms with van der Waals surface area (Å²) in [4.78, 5) is 0. The van der Waals surface area contributed by atoms with Gasteiger partial charge in [-0.1, -0.05) is 0 Å². The Labute approximate surface area is 71.6 Å². The first kappa shape index (κ1) is 15.7. The standard InChI is InChI=1S/CH4O3S.Dy.F/c1-5(2,3)4;;/h1H3,(H,2,3,4);;. The molecule has 0 amide bonds. The van der Waals surface area contributed by atoms with Crippen LogP contribution < -0.4 is 0 Å². The molecule has 0 bridgehead atoms. The Balaban J connectivity index is -0.0000000800. The van der Waals surface area contributed by atoms with Gasteiger partial charge < -0.3 is 0 Å². The fourth-order valence-electron chi connectivity index (χ4n) is 0. The van der Waals surface area contributed by atoms with E-state index in [0.29, 0.717) is 6.26 Å². The van der Waals surface area contributed by atoms with Gasteiger partial charge in [0.2, 0.25) is 0 Å². The monoisotopic (exact) mass is 279 g/mol. The maximum absolute atomic E-state index is 9.19. The van der Waals surface area contributed by atoms with Gasteiger partial charge in [-0.3, -0.25) is 4.55 Å². The second kappa shape index (κ2) is 5.25. The normalized spacial score (nSPS) is 8.29. The van der Waals surface area contributed by atoms with Crippen LogP contribution in [0.1, 0.15) is 0 Å². The van der Waals surface area contributed by atoms with Crippen LogP contribution in [0.4, 0.5) is 4.70 Å². The fourth-order valence-corrected chi connectivity index (χ4v) is 0. The van der Waals surface area contributed by atoms with Gasteiger partial charge in [0.05, 0.1) is 6.26 Å². The van der Waals surface area contributed by atoms with E-state index >= 15 is 0 Å². The molecule has 0 aliphatic rings. The smallest absolute Gasteiger partial charge is 0.261 e. The Kier molecular flexibility index (Phi) is 11.8. The zero-order chi connectivity index (χ0) is 4.50. The van der Waals surface area contributed by atoms with Gasteiger partial charge in [0, 0.05) is 42.9 Å². The van der Waals surface area contributed by atoms with E-state index in [1.807, 2.05) is 0 Å². The van der Waals surface area contributed by atoms with Crippen molar-refractivity contribution in [2.45, 2.75) is 0 Å². The first-order valence-electron chi connectivity index (χ1n) is 0.924. The van der Waals surface area contributed by atoms with Crippen LogP contribution in [0.3, 0.4) is 0 Å². The van der Waals surface area contributed by atoms with E-state index in [4.69, 9.17) is 4.55 Å². The van der Waals surface area contributed by atoms with Crippen molar-refractivity contribution < 1.29 is 55.8 Å². The second-order valence-electron chi connectivity index (χ2n) is 0.733. The van der Waals surface area contributed by atoms with E-state index in [9.17, 15) is 8.42 Å². The molecule has 0 aliphatic carbocycles. The predicted molar refractivity (Wildman–Crippen MR) is 18.6 cm³/mol. The Hall–Kier alpha value is 1.11.